The number of phenolic OH excluding ortho intramolecular Hbond substituents is 1. The highest BCUT2D eigenvalue weighted by atomic mass is 16.5. The number of esters is 1. The molecule has 0 radical (unpaired) electrons. The van der Waals surface area contributed by atoms with Crippen molar-refractivity contribution in [3.8, 4) is 5.75 Å². The first-order valence-electron chi connectivity index (χ1n) is 12.0. The van der Waals surface area contributed by atoms with E-state index in [0.29, 0.717) is 12.4 Å². The highest BCUT2D eigenvalue weighted by Gasteiger charge is 2.27. The van der Waals surface area contributed by atoms with Gasteiger partial charge in [0.15, 0.2) is 0 Å². The number of benzene rings is 1. The SMILES string of the molecule is CCCCCCCCCCCOC(=O)Cc1cc(C(C)(C)C)c(O)c(C(C)(C)C)c1. The van der Waals surface area contributed by atoms with Gasteiger partial charge in [-0.3, -0.25) is 4.79 Å². The van der Waals surface area contributed by atoms with Crippen molar-refractivity contribution >= 4 is 5.97 Å². The van der Waals surface area contributed by atoms with Crippen molar-refractivity contribution < 1.29 is 14.6 Å². The fourth-order valence-corrected chi connectivity index (χ4v) is 3.76. The van der Waals surface area contributed by atoms with Crippen LogP contribution >= 0.6 is 0 Å². The molecule has 1 aromatic rings. The van der Waals surface area contributed by atoms with Gasteiger partial charge < -0.3 is 9.84 Å². The monoisotopic (exact) mass is 418 g/mol. The predicted molar refractivity (Wildman–Crippen MR) is 127 cm³/mol. The van der Waals surface area contributed by atoms with Gasteiger partial charge in [-0.1, -0.05) is 112 Å². The van der Waals surface area contributed by atoms with Crippen molar-refractivity contribution in [1.29, 1.82) is 0 Å². The van der Waals surface area contributed by atoms with Gasteiger partial charge in [0, 0.05) is 0 Å². The van der Waals surface area contributed by atoms with Crippen molar-refractivity contribution in [3.05, 3.63) is 28.8 Å². The summed E-state index contributed by atoms with van der Waals surface area (Å²) in [6, 6.07) is 3.93. The molecule has 0 saturated heterocycles. The minimum absolute atomic E-state index is 0.181. The van der Waals surface area contributed by atoms with Gasteiger partial charge in [-0.2, -0.15) is 0 Å². The van der Waals surface area contributed by atoms with E-state index in [1.165, 1.54) is 44.9 Å². The molecule has 1 N–H and O–H groups in total. The van der Waals surface area contributed by atoms with E-state index in [1.807, 2.05) is 12.1 Å². The Morgan fingerprint density at radius 2 is 1.23 bits per heavy atom. The molecule has 1 rings (SSSR count). The number of ether oxygens (including phenoxy) is 1. The summed E-state index contributed by atoms with van der Waals surface area (Å²) in [5.41, 5.74) is 2.30. The molecule has 0 spiro atoms. The van der Waals surface area contributed by atoms with Gasteiger partial charge in [0.2, 0.25) is 0 Å². The fourth-order valence-electron chi connectivity index (χ4n) is 3.76. The molecule has 172 valence electrons. The first kappa shape index (κ1) is 26.5. The summed E-state index contributed by atoms with van der Waals surface area (Å²) in [6.07, 6.45) is 11.5. The lowest BCUT2D eigenvalue weighted by atomic mass is 9.78. The second kappa shape index (κ2) is 12.4. The summed E-state index contributed by atoms with van der Waals surface area (Å²) in [6.45, 7) is 15.3. The topological polar surface area (TPSA) is 46.5 Å². The lowest BCUT2D eigenvalue weighted by molar-refractivity contribution is -0.142. The molecule has 0 atom stereocenters. The molecule has 0 amide bonds. The fraction of sp³-hybridized carbons (Fsp3) is 0.741. The average Bonchev–Trinajstić information content (AvgIpc) is 2.62. The first-order chi connectivity index (χ1) is 14.0. The molecular weight excluding hydrogens is 372 g/mol. The number of aromatic hydroxyl groups is 1. The molecule has 1 aromatic carbocycles. The van der Waals surface area contributed by atoms with Crippen LogP contribution in [0.5, 0.6) is 5.75 Å². The number of phenols is 1. The summed E-state index contributed by atoms with van der Waals surface area (Å²) in [7, 11) is 0. The van der Waals surface area contributed by atoms with E-state index in [-0.39, 0.29) is 23.2 Å². The first-order valence-corrected chi connectivity index (χ1v) is 12.0. The quantitative estimate of drug-likeness (QED) is 0.281. The molecule has 3 heteroatoms. The minimum Gasteiger partial charge on any atom is -0.507 e. The smallest absolute Gasteiger partial charge is 0.310 e. The molecule has 0 fully saturated rings. The Morgan fingerprint density at radius 3 is 1.67 bits per heavy atom. The third-order valence-electron chi connectivity index (χ3n) is 5.65. The molecule has 0 heterocycles. The third-order valence-corrected chi connectivity index (χ3v) is 5.65. The zero-order valence-corrected chi connectivity index (χ0v) is 20.7. The van der Waals surface area contributed by atoms with Crippen molar-refractivity contribution in [2.75, 3.05) is 6.61 Å². The highest BCUT2D eigenvalue weighted by molar-refractivity contribution is 5.73. The van der Waals surface area contributed by atoms with Crippen molar-refractivity contribution in [2.45, 2.75) is 124 Å². The maximum Gasteiger partial charge on any atom is 0.310 e. The number of hydrogen-bond acceptors (Lipinski definition) is 3. The van der Waals surface area contributed by atoms with Crippen molar-refractivity contribution in [1.82, 2.24) is 0 Å². The third kappa shape index (κ3) is 9.53. The highest BCUT2D eigenvalue weighted by Crippen LogP contribution is 2.39. The summed E-state index contributed by atoms with van der Waals surface area (Å²) in [5.74, 6) is 0.168. The Hall–Kier alpha value is -1.51. The normalized spacial score (nSPS) is 12.2. The van der Waals surface area contributed by atoms with Crippen LogP contribution in [-0.2, 0) is 26.8 Å². The molecule has 0 saturated carbocycles. The number of carbonyl (C=O) groups is 1. The van der Waals surface area contributed by atoms with Gasteiger partial charge in [-0.25, -0.2) is 0 Å². The molecule has 0 aliphatic carbocycles. The van der Waals surface area contributed by atoms with Crippen LogP contribution in [0.2, 0.25) is 0 Å². The molecule has 0 bridgehead atoms. The average molecular weight is 419 g/mol. The Labute approximate surface area is 185 Å². The lowest BCUT2D eigenvalue weighted by Gasteiger charge is -2.28. The minimum atomic E-state index is -0.194. The summed E-state index contributed by atoms with van der Waals surface area (Å²) < 4.78 is 5.49. The van der Waals surface area contributed by atoms with E-state index in [9.17, 15) is 9.90 Å². The van der Waals surface area contributed by atoms with E-state index in [0.717, 1.165) is 29.5 Å². The van der Waals surface area contributed by atoms with Crippen LogP contribution in [0, 0.1) is 0 Å². The maximum atomic E-state index is 12.4. The summed E-state index contributed by atoms with van der Waals surface area (Å²) in [5, 5.41) is 10.8. The lowest BCUT2D eigenvalue weighted by Crippen LogP contribution is -2.19. The number of carbonyl (C=O) groups excluding carboxylic acids is 1. The molecule has 0 unspecified atom stereocenters. The summed E-state index contributed by atoms with van der Waals surface area (Å²) >= 11 is 0. The van der Waals surface area contributed by atoms with E-state index in [4.69, 9.17) is 4.74 Å². The van der Waals surface area contributed by atoms with Crippen LogP contribution in [-0.4, -0.2) is 17.7 Å². The molecule has 0 aromatic heterocycles. The second-order valence-electron chi connectivity index (χ2n) is 10.8. The zero-order chi connectivity index (χ0) is 22.8. The summed E-state index contributed by atoms with van der Waals surface area (Å²) in [4.78, 5) is 12.4. The van der Waals surface area contributed by atoms with Gasteiger partial charge in [0.25, 0.3) is 0 Å². The van der Waals surface area contributed by atoms with E-state index in [2.05, 4.69) is 48.5 Å². The number of rotatable bonds is 12. The predicted octanol–water partition coefficient (Wildman–Crippen LogP) is 7.60. The molecule has 0 aliphatic heterocycles. The van der Waals surface area contributed by atoms with Gasteiger partial charge in [-0.15, -0.1) is 0 Å². The Balaban J connectivity index is 2.52. The number of unbranched alkanes of at least 4 members (excludes halogenated alkanes) is 8. The van der Waals surface area contributed by atoms with Gasteiger partial charge in [0.05, 0.1) is 13.0 Å². The molecule has 0 aliphatic rings. The van der Waals surface area contributed by atoms with Crippen molar-refractivity contribution in [3.63, 3.8) is 0 Å². The maximum absolute atomic E-state index is 12.4. The van der Waals surface area contributed by atoms with Crippen LogP contribution in [0.4, 0.5) is 0 Å². The van der Waals surface area contributed by atoms with Crippen LogP contribution < -0.4 is 0 Å². The molecule has 30 heavy (non-hydrogen) atoms. The second-order valence-corrected chi connectivity index (χ2v) is 10.8. The zero-order valence-electron chi connectivity index (χ0n) is 20.7. The Kier molecular flexibility index (Phi) is 10.9. The van der Waals surface area contributed by atoms with Gasteiger partial charge in [0.1, 0.15) is 5.75 Å². The Bertz CT molecular complexity index is 612. The van der Waals surface area contributed by atoms with Crippen molar-refractivity contribution in [2.24, 2.45) is 0 Å². The Morgan fingerprint density at radius 1 is 0.800 bits per heavy atom. The van der Waals surface area contributed by atoms with Crippen LogP contribution in [0.15, 0.2) is 12.1 Å². The number of hydrogen-bond donors (Lipinski definition) is 1. The van der Waals surface area contributed by atoms with E-state index in [1.54, 1.807) is 0 Å². The largest absolute Gasteiger partial charge is 0.507 e. The molecular formula is C27H46O3. The van der Waals surface area contributed by atoms with Gasteiger partial charge >= 0.3 is 5.97 Å². The van der Waals surface area contributed by atoms with Crippen LogP contribution in [0.1, 0.15) is 123 Å². The van der Waals surface area contributed by atoms with Gasteiger partial charge in [-0.05, 0) is 33.9 Å². The van der Waals surface area contributed by atoms with Crippen LogP contribution in [0.3, 0.4) is 0 Å². The van der Waals surface area contributed by atoms with E-state index < -0.39 is 0 Å². The van der Waals surface area contributed by atoms with E-state index >= 15 is 0 Å². The standard InChI is InChI=1S/C27H46O3/c1-8-9-10-11-12-13-14-15-16-17-30-24(28)20-21-18-22(26(2,3)4)25(29)23(19-21)27(5,6)7/h18-19,29H,8-17,20H2,1-7H3. The van der Waals surface area contributed by atoms with Crippen LogP contribution in [0.25, 0.3) is 0 Å². The molecule has 3 nitrogen and oxygen atoms in total.